The SMILES string of the molecule is COC(=O)C(O)=CC(=O)c1ncnc2c1ncn2Cc1ccccc1. The lowest BCUT2D eigenvalue weighted by atomic mass is 10.2. The largest absolute Gasteiger partial charge is 0.502 e. The molecular weight excluding hydrogens is 324 g/mol. The summed E-state index contributed by atoms with van der Waals surface area (Å²) in [7, 11) is 1.10. The smallest absolute Gasteiger partial charge is 0.373 e. The van der Waals surface area contributed by atoms with Crippen molar-refractivity contribution in [3.63, 3.8) is 0 Å². The van der Waals surface area contributed by atoms with Crippen LogP contribution in [0.2, 0.25) is 0 Å². The van der Waals surface area contributed by atoms with Gasteiger partial charge in [0.05, 0.1) is 20.0 Å². The van der Waals surface area contributed by atoms with Crippen LogP contribution in [0.25, 0.3) is 11.2 Å². The Balaban J connectivity index is 1.96. The number of fused-ring (bicyclic) bond motifs is 1. The van der Waals surface area contributed by atoms with E-state index in [4.69, 9.17) is 0 Å². The van der Waals surface area contributed by atoms with E-state index < -0.39 is 17.5 Å². The molecule has 0 amide bonds. The van der Waals surface area contributed by atoms with E-state index in [-0.39, 0.29) is 11.2 Å². The van der Waals surface area contributed by atoms with Crippen LogP contribution < -0.4 is 0 Å². The van der Waals surface area contributed by atoms with Gasteiger partial charge in [-0.15, -0.1) is 0 Å². The Kier molecular flexibility index (Phi) is 4.51. The Morgan fingerprint density at radius 1 is 1.20 bits per heavy atom. The van der Waals surface area contributed by atoms with Gasteiger partial charge in [0.2, 0.25) is 11.5 Å². The first-order chi connectivity index (χ1) is 12.1. The maximum absolute atomic E-state index is 12.3. The van der Waals surface area contributed by atoms with E-state index in [0.29, 0.717) is 12.2 Å². The number of benzene rings is 1. The molecule has 0 radical (unpaired) electrons. The number of hydrogen-bond acceptors (Lipinski definition) is 7. The van der Waals surface area contributed by atoms with Crippen LogP contribution in [0.1, 0.15) is 16.1 Å². The van der Waals surface area contributed by atoms with Crippen molar-refractivity contribution in [1.29, 1.82) is 0 Å². The maximum Gasteiger partial charge on any atom is 0.373 e. The molecule has 1 N–H and O–H groups in total. The average Bonchev–Trinajstić information content (AvgIpc) is 3.04. The zero-order valence-electron chi connectivity index (χ0n) is 13.3. The van der Waals surface area contributed by atoms with E-state index in [1.807, 2.05) is 30.3 Å². The molecule has 2 aromatic heterocycles. The molecule has 0 atom stereocenters. The number of carbonyl (C=O) groups excluding carboxylic acids is 2. The molecular formula is C17H14N4O4. The number of ether oxygens (including phenoxy) is 1. The van der Waals surface area contributed by atoms with Crippen LogP contribution in [-0.2, 0) is 16.1 Å². The third kappa shape index (κ3) is 3.37. The second kappa shape index (κ2) is 6.91. The number of hydrogen-bond donors (Lipinski definition) is 1. The fourth-order valence-corrected chi connectivity index (χ4v) is 2.31. The number of imidazole rings is 1. The van der Waals surface area contributed by atoms with Crippen LogP contribution >= 0.6 is 0 Å². The van der Waals surface area contributed by atoms with Gasteiger partial charge in [-0.05, 0) is 5.56 Å². The van der Waals surface area contributed by atoms with E-state index >= 15 is 0 Å². The summed E-state index contributed by atoms with van der Waals surface area (Å²) in [5.41, 5.74) is 1.81. The Morgan fingerprint density at radius 3 is 2.68 bits per heavy atom. The van der Waals surface area contributed by atoms with Crippen molar-refractivity contribution < 1.29 is 19.4 Å². The van der Waals surface area contributed by atoms with Gasteiger partial charge in [0.15, 0.2) is 5.65 Å². The monoisotopic (exact) mass is 338 g/mol. The van der Waals surface area contributed by atoms with Gasteiger partial charge in [-0.1, -0.05) is 30.3 Å². The summed E-state index contributed by atoms with van der Waals surface area (Å²) in [5.74, 6) is -2.48. The number of aromatic nitrogens is 4. The number of aliphatic hydroxyl groups is 1. The number of ketones is 1. The van der Waals surface area contributed by atoms with E-state index in [2.05, 4.69) is 19.7 Å². The molecule has 0 aliphatic heterocycles. The molecule has 0 unspecified atom stereocenters. The maximum atomic E-state index is 12.3. The molecule has 8 heteroatoms. The summed E-state index contributed by atoms with van der Waals surface area (Å²) >= 11 is 0. The number of esters is 1. The van der Waals surface area contributed by atoms with Crippen molar-refractivity contribution in [3.05, 3.63) is 66.1 Å². The van der Waals surface area contributed by atoms with Crippen molar-refractivity contribution in [2.45, 2.75) is 6.54 Å². The highest BCUT2D eigenvalue weighted by molar-refractivity contribution is 6.12. The molecule has 1 aromatic carbocycles. The van der Waals surface area contributed by atoms with Gasteiger partial charge in [0, 0.05) is 6.08 Å². The quantitative estimate of drug-likeness (QED) is 0.326. The Labute approximate surface area is 142 Å². The summed E-state index contributed by atoms with van der Waals surface area (Å²) in [6.45, 7) is 0.533. The number of methoxy groups -OCH3 is 1. The third-order valence-electron chi connectivity index (χ3n) is 3.49. The molecule has 3 rings (SSSR count). The Morgan fingerprint density at radius 2 is 1.96 bits per heavy atom. The van der Waals surface area contributed by atoms with E-state index in [9.17, 15) is 14.7 Å². The number of rotatable bonds is 5. The highest BCUT2D eigenvalue weighted by atomic mass is 16.5. The van der Waals surface area contributed by atoms with Crippen molar-refractivity contribution in [1.82, 2.24) is 19.5 Å². The molecule has 0 fully saturated rings. The molecule has 8 nitrogen and oxygen atoms in total. The van der Waals surface area contributed by atoms with Crippen LogP contribution in [0, 0.1) is 0 Å². The summed E-state index contributed by atoms with van der Waals surface area (Å²) < 4.78 is 6.13. The van der Waals surface area contributed by atoms with Crippen LogP contribution in [0.5, 0.6) is 0 Å². The molecule has 0 saturated carbocycles. The first-order valence-corrected chi connectivity index (χ1v) is 7.33. The van der Waals surface area contributed by atoms with Crippen LogP contribution in [-0.4, -0.2) is 43.5 Å². The van der Waals surface area contributed by atoms with Crippen molar-refractivity contribution in [3.8, 4) is 0 Å². The highest BCUT2D eigenvalue weighted by Crippen LogP contribution is 2.16. The lowest BCUT2D eigenvalue weighted by Crippen LogP contribution is -2.09. The highest BCUT2D eigenvalue weighted by Gasteiger charge is 2.18. The van der Waals surface area contributed by atoms with Gasteiger partial charge >= 0.3 is 5.97 Å². The van der Waals surface area contributed by atoms with E-state index in [1.165, 1.54) is 6.33 Å². The third-order valence-corrected chi connectivity index (χ3v) is 3.49. The van der Waals surface area contributed by atoms with Crippen LogP contribution in [0.4, 0.5) is 0 Å². The number of nitrogens with zero attached hydrogens (tertiary/aromatic N) is 4. The van der Waals surface area contributed by atoms with Gasteiger partial charge in [-0.25, -0.2) is 19.7 Å². The molecule has 3 aromatic rings. The standard InChI is InChI=1S/C17H14N4O4/c1-25-17(24)13(23)7-12(22)14-15-16(19-9-18-14)21(10-20-15)8-11-5-3-2-4-6-11/h2-7,9-10,23H,8H2,1H3. The predicted octanol–water partition coefficient (Wildman–Crippen LogP) is 1.67. The molecule has 0 aliphatic carbocycles. The van der Waals surface area contributed by atoms with Crippen molar-refractivity contribution >= 4 is 22.9 Å². The fraction of sp³-hybridized carbons (Fsp3) is 0.118. The minimum atomic E-state index is -1.01. The first kappa shape index (κ1) is 16.3. The fourth-order valence-electron chi connectivity index (χ4n) is 2.31. The molecule has 2 heterocycles. The summed E-state index contributed by atoms with van der Waals surface area (Å²) in [6, 6.07) is 9.72. The van der Waals surface area contributed by atoms with E-state index in [1.54, 1.807) is 10.9 Å². The van der Waals surface area contributed by atoms with Gasteiger partial charge in [-0.2, -0.15) is 0 Å². The second-order valence-electron chi connectivity index (χ2n) is 5.14. The number of carbonyl (C=O) groups is 2. The summed E-state index contributed by atoms with van der Waals surface area (Å²) in [6.07, 6.45) is 3.55. The normalized spacial score (nSPS) is 11.5. The summed E-state index contributed by atoms with van der Waals surface area (Å²) in [4.78, 5) is 35.8. The van der Waals surface area contributed by atoms with Crippen molar-refractivity contribution in [2.24, 2.45) is 0 Å². The van der Waals surface area contributed by atoms with Crippen molar-refractivity contribution in [2.75, 3.05) is 7.11 Å². The predicted molar refractivity (Wildman–Crippen MR) is 87.9 cm³/mol. The minimum absolute atomic E-state index is 0.00716. The average molecular weight is 338 g/mol. The molecule has 0 saturated heterocycles. The topological polar surface area (TPSA) is 107 Å². The van der Waals surface area contributed by atoms with E-state index in [0.717, 1.165) is 18.7 Å². The molecule has 0 aliphatic rings. The first-order valence-electron chi connectivity index (χ1n) is 7.33. The second-order valence-corrected chi connectivity index (χ2v) is 5.14. The zero-order chi connectivity index (χ0) is 17.8. The van der Waals surface area contributed by atoms with Gasteiger partial charge in [-0.3, -0.25) is 4.79 Å². The van der Waals surface area contributed by atoms with Gasteiger partial charge < -0.3 is 14.4 Å². The molecule has 0 spiro atoms. The van der Waals surface area contributed by atoms with Gasteiger partial charge in [0.1, 0.15) is 17.5 Å². The number of allylic oxidation sites excluding steroid dienone is 1. The van der Waals surface area contributed by atoms with Crippen LogP contribution in [0.3, 0.4) is 0 Å². The molecule has 25 heavy (non-hydrogen) atoms. The Bertz CT molecular complexity index is 963. The lowest BCUT2D eigenvalue weighted by molar-refractivity contribution is -0.139. The lowest BCUT2D eigenvalue weighted by Gasteiger charge is -2.04. The Hall–Kier alpha value is -3.55. The molecule has 126 valence electrons. The summed E-state index contributed by atoms with van der Waals surface area (Å²) in [5, 5.41) is 9.52. The zero-order valence-corrected chi connectivity index (χ0v) is 13.3. The molecule has 0 bridgehead atoms. The van der Waals surface area contributed by atoms with Crippen LogP contribution in [0.15, 0.2) is 54.8 Å². The van der Waals surface area contributed by atoms with Gasteiger partial charge in [0.25, 0.3) is 0 Å². The number of aliphatic hydroxyl groups excluding tert-OH is 1. The minimum Gasteiger partial charge on any atom is -0.502 e.